The molecule has 0 spiro atoms. The van der Waals surface area contributed by atoms with Crippen molar-refractivity contribution in [2.24, 2.45) is 4.99 Å². The monoisotopic (exact) mass is 376 g/mol. The lowest BCUT2D eigenvalue weighted by atomic mass is 10.0. The molecule has 0 bridgehead atoms. The summed E-state index contributed by atoms with van der Waals surface area (Å²) in [6.07, 6.45) is 4.84. The molecule has 2 unspecified atom stereocenters. The number of likely N-dealkylation sites (tertiary alicyclic amines) is 1. The lowest BCUT2D eigenvalue weighted by Gasteiger charge is -2.38. The molecular weight excluding hydrogens is 340 g/mol. The number of hydrogen-bond acceptors (Lipinski definition) is 4. The van der Waals surface area contributed by atoms with Crippen LogP contribution < -0.4 is 15.4 Å². The molecule has 1 aliphatic rings. The van der Waals surface area contributed by atoms with Crippen molar-refractivity contribution < 1.29 is 9.47 Å². The second-order valence-corrected chi connectivity index (χ2v) is 7.23. The fourth-order valence-electron chi connectivity index (χ4n) is 3.51. The van der Waals surface area contributed by atoms with Gasteiger partial charge in [0, 0.05) is 57.6 Å². The van der Waals surface area contributed by atoms with Gasteiger partial charge in [0.25, 0.3) is 0 Å². The fraction of sp³-hybridized carbons (Fsp3) is 0.667. The van der Waals surface area contributed by atoms with Gasteiger partial charge in [-0.05, 0) is 45.4 Å². The smallest absolute Gasteiger partial charge is 0.195 e. The number of nitrogens with zero attached hydrogens (tertiary/aromatic N) is 2. The van der Waals surface area contributed by atoms with E-state index >= 15 is 0 Å². The van der Waals surface area contributed by atoms with Crippen molar-refractivity contribution in [3.05, 3.63) is 24.3 Å². The second-order valence-electron chi connectivity index (χ2n) is 7.23. The number of piperidine rings is 1. The minimum atomic E-state index is 0.481. The van der Waals surface area contributed by atoms with Gasteiger partial charge in [-0.15, -0.1) is 0 Å². The Morgan fingerprint density at radius 2 is 2.19 bits per heavy atom. The van der Waals surface area contributed by atoms with E-state index in [1.54, 1.807) is 14.2 Å². The van der Waals surface area contributed by atoms with Gasteiger partial charge in [0.05, 0.1) is 6.61 Å². The maximum atomic E-state index is 5.77. The average molecular weight is 377 g/mol. The van der Waals surface area contributed by atoms with E-state index in [1.807, 2.05) is 24.3 Å². The molecular formula is C21H36N4O2. The number of nitrogens with one attached hydrogen (secondary N) is 2. The van der Waals surface area contributed by atoms with E-state index in [0.717, 1.165) is 30.4 Å². The maximum absolute atomic E-state index is 5.77. The van der Waals surface area contributed by atoms with Crippen molar-refractivity contribution >= 4 is 11.6 Å². The van der Waals surface area contributed by atoms with E-state index in [-0.39, 0.29) is 0 Å². The molecule has 2 rings (SSSR count). The van der Waals surface area contributed by atoms with Crippen molar-refractivity contribution in [3.8, 4) is 5.75 Å². The van der Waals surface area contributed by atoms with Crippen molar-refractivity contribution in [3.63, 3.8) is 0 Å². The Kier molecular flexibility index (Phi) is 9.42. The van der Waals surface area contributed by atoms with Gasteiger partial charge < -0.3 is 20.1 Å². The van der Waals surface area contributed by atoms with Crippen LogP contribution in [0.15, 0.2) is 29.3 Å². The zero-order chi connectivity index (χ0) is 19.5. The summed E-state index contributed by atoms with van der Waals surface area (Å²) in [4.78, 5) is 6.95. The molecule has 1 aromatic carbocycles. The number of methoxy groups -OCH3 is 1. The molecule has 152 valence electrons. The molecule has 0 saturated carbocycles. The third kappa shape index (κ3) is 7.39. The van der Waals surface area contributed by atoms with Crippen molar-refractivity contribution in [1.82, 2.24) is 10.2 Å². The molecule has 0 radical (unpaired) electrons. The zero-order valence-corrected chi connectivity index (χ0v) is 17.3. The summed E-state index contributed by atoms with van der Waals surface area (Å²) in [5.41, 5.74) is 0.964. The van der Waals surface area contributed by atoms with Gasteiger partial charge in [0.1, 0.15) is 5.75 Å². The van der Waals surface area contributed by atoms with Crippen molar-refractivity contribution in [1.29, 1.82) is 0 Å². The van der Waals surface area contributed by atoms with Crippen molar-refractivity contribution in [2.75, 3.05) is 45.8 Å². The van der Waals surface area contributed by atoms with Crippen LogP contribution >= 0.6 is 0 Å². The summed E-state index contributed by atoms with van der Waals surface area (Å²) >= 11 is 0. The standard InChI is InChI=1S/C21H36N4O2/c1-17-9-5-6-12-25(17)18(2)16-23-21(22-3)24-19-10-7-11-20(15-19)27-14-8-13-26-4/h7,10-11,15,17-18H,5-6,8-9,12-14,16H2,1-4H3,(H2,22,23,24). The molecule has 6 heteroatoms. The molecule has 6 nitrogen and oxygen atoms in total. The van der Waals surface area contributed by atoms with E-state index in [2.05, 4.69) is 34.4 Å². The molecule has 1 heterocycles. The van der Waals surface area contributed by atoms with Gasteiger partial charge in [-0.2, -0.15) is 0 Å². The lowest BCUT2D eigenvalue weighted by Crippen LogP contribution is -2.49. The highest BCUT2D eigenvalue weighted by Gasteiger charge is 2.22. The predicted octanol–water partition coefficient (Wildman–Crippen LogP) is 3.35. The Morgan fingerprint density at radius 1 is 1.33 bits per heavy atom. The highest BCUT2D eigenvalue weighted by atomic mass is 16.5. The first-order chi connectivity index (χ1) is 13.1. The number of aliphatic imine (C=N–C) groups is 1. The number of benzene rings is 1. The number of guanidine groups is 1. The first kappa shape index (κ1) is 21.5. The average Bonchev–Trinajstić information content (AvgIpc) is 2.69. The minimum Gasteiger partial charge on any atom is -0.493 e. The third-order valence-electron chi connectivity index (χ3n) is 5.07. The van der Waals surface area contributed by atoms with Crippen LogP contribution in [0.3, 0.4) is 0 Å². The predicted molar refractivity (Wildman–Crippen MR) is 113 cm³/mol. The Hall–Kier alpha value is -1.79. The largest absolute Gasteiger partial charge is 0.493 e. The molecule has 0 aliphatic carbocycles. The lowest BCUT2D eigenvalue weighted by molar-refractivity contribution is 0.116. The molecule has 1 fully saturated rings. The van der Waals surface area contributed by atoms with E-state index < -0.39 is 0 Å². The van der Waals surface area contributed by atoms with Crippen LogP contribution in [0.1, 0.15) is 39.5 Å². The fourth-order valence-corrected chi connectivity index (χ4v) is 3.51. The molecule has 2 atom stereocenters. The van der Waals surface area contributed by atoms with Crippen LogP contribution in [-0.2, 0) is 4.74 Å². The quantitative estimate of drug-likeness (QED) is 0.393. The highest BCUT2D eigenvalue weighted by molar-refractivity contribution is 5.93. The maximum Gasteiger partial charge on any atom is 0.195 e. The molecule has 0 amide bonds. The summed E-state index contributed by atoms with van der Waals surface area (Å²) in [5, 5.41) is 6.81. The topological polar surface area (TPSA) is 58.1 Å². The van der Waals surface area contributed by atoms with E-state index in [1.165, 1.54) is 25.8 Å². The first-order valence-electron chi connectivity index (χ1n) is 10.1. The van der Waals surface area contributed by atoms with Crippen LogP contribution in [0.4, 0.5) is 5.69 Å². The third-order valence-corrected chi connectivity index (χ3v) is 5.07. The number of ether oxygens (including phenoxy) is 2. The van der Waals surface area contributed by atoms with Crippen LogP contribution in [0.5, 0.6) is 5.75 Å². The van der Waals surface area contributed by atoms with E-state index in [0.29, 0.717) is 25.3 Å². The molecule has 27 heavy (non-hydrogen) atoms. The molecule has 0 aromatic heterocycles. The van der Waals surface area contributed by atoms with Gasteiger partial charge in [-0.3, -0.25) is 9.89 Å². The summed E-state index contributed by atoms with van der Waals surface area (Å²) in [6.45, 7) is 8.05. The van der Waals surface area contributed by atoms with Gasteiger partial charge in [0.2, 0.25) is 0 Å². The highest BCUT2D eigenvalue weighted by Crippen LogP contribution is 2.19. The van der Waals surface area contributed by atoms with Gasteiger partial charge in [0.15, 0.2) is 5.96 Å². The number of anilines is 1. The Bertz CT molecular complexity index is 579. The molecule has 2 N–H and O–H groups in total. The number of rotatable bonds is 9. The Labute approximate surface area is 164 Å². The van der Waals surface area contributed by atoms with E-state index in [4.69, 9.17) is 9.47 Å². The van der Waals surface area contributed by atoms with Gasteiger partial charge >= 0.3 is 0 Å². The zero-order valence-electron chi connectivity index (χ0n) is 17.3. The van der Waals surface area contributed by atoms with Gasteiger partial charge in [-0.1, -0.05) is 12.5 Å². The van der Waals surface area contributed by atoms with Gasteiger partial charge in [-0.25, -0.2) is 0 Å². The molecule has 1 saturated heterocycles. The molecule has 1 aromatic rings. The summed E-state index contributed by atoms with van der Waals surface area (Å²) in [7, 11) is 3.50. The van der Waals surface area contributed by atoms with Crippen LogP contribution in [0.2, 0.25) is 0 Å². The number of hydrogen-bond donors (Lipinski definition) is 2. The summed E-state index contributed by atoms with van der Waals surface area (Å²) in [5.74, 6) is 1.63. The summed E-state index contributed by atoms with van der Waals surface area (Å²) < 4.78 is 10.8. The Balaban J connectivity index is 1.82. The minimum absolute atomic E-state index is 0.481. The summed E-state index contributed by atoms with van der Waals surface area (Å²) in [6, 6.07) is 9.11. The molecule has 1 aliphatic heterocycles. The first-order valence-corrected chi connectivity index (χ1v) is 10.1. The van der Waals surface area contributed by atoms with E-state index in [9.17, 15) is 0 Å². The normalized spacial score (nSPS) is 19.6. The van der Waals surface area contributed by atoms with Crippen LogP contribution in [0, 0.1) is 0 Å². The second kappa shape index (κ2) is 11.8. The van der Waals surface area contributed by atoms with Crippen LogP contribution in [0.25, 0.3) is 0 Å². The van der Waals surface area contributed by atoms with Crippen molar-refractivity contribution in [2.45, 2.75) is 51.6 Å². The van der Waals surface area contributed by atoms with Crippen LogP contribution in [-0.4, -0.2) is 63.4 Å². The Morgan fingerprint density at radius 3 is 2.93 bits per heavy atom. The SMILES string of the molecule is CN=C(NCC(C)N1CCCCC1C)Nc1cccc(OCCCOC)c1.